The maximum Gasteiger partial charge on any atom is 0.231 e. The molecule has 4 rings (SSSR count). The number of ketones is 2. The molecule has 1 N–H and O–H groups in total. The summed E-state index contributed by atoms with van der Waals surface area (Å²) in [7, 11) is 0. The average molecular weight is 425 g/mol. The maximum atomic E-state index is 13.7. The summed E-state index contributed by atoms with van der Waals surface area (Å²) < 4.78 is 19.1. The van der Waals surface area contributed by atoms with Crippen molar-refractivity contribution >= 4 is 34.8 Å². The van der Waals surface area contributed by atoms with Crippen LogP contribution in [0.1, 0.15) is 33.9 Å². The molecule has 1 saturated heterocycles. The van der Waals surface area contributed by atoms with Crippen LogP contribution in [0, 0.1) is 5.82 Å². The van der Waals surface area contributed by atoms with E-state index in [1.165, 1.54) is 18.9 Å². The quantitative estimate of drug-likeness (QED) is 0.737. The van der Waals surface area contributed by atoms with E-state index in [4.69, 9.17) is 27.6 Å². The number of hydrogen-bond donors (Lipinski definition) is 1. The van der Waals surface area contributed by atoms with E-state index in [-0.39, 0.29) is 33.8 Å². The molecule has 7 nitrogen and oxygen atoms in total. The number of oxazole rings is 1. The van der Waals surface area contributed by atoms with Crippen molar-refractivity contribution < 1.29 is 18.4 Å². The SMILES string of the molecule is O=C1C(NCCN2CCCC2)=CC(=O)c2oc(-c3cc(F)c(Cl)nc3Cl)nc21. The van der Waals surface area contributed by atoms with Crippen molar-refractivity contribution in [2.45, 2.75) is 12.8 Å². The van der Waals surface area contributed by atoms with Gasteiger partial charge in [0.05, 0.1) is 11.3 Å². The molecular formula is C18H15Cl2FN4O3. The minimum Gasteiger partial charge on any atom is -0.432 e. The van der Waals surface area contributed by atoms with E-state index in [0.29, 0.717) is 6.54 Å². The average Bonchev–Trinajstić information content (AvgIpc) is 3.32. The molecule has 10 heteroatoms. The molecule has 2 aromatic heterocycles. The zero-order valence-corrected chi connectivity index (χ0v) is 16.1. The summed E-state index contributed by atoms with van der Waals surface area (Å²) >= 11 is 11.6. The van der Waals surface area contributed by atoms with Gasteiger partial charge in [0, 0.05) is 19.2 Å². The van der Waals surface area contributed by atoms with Crippen molar-refractivity contribution in [2.75, 3.05) is 26.2 Å². The third-order valence-corrected chi connectivity index (χ3v) is 5.20. The maximum absolute atomic E-state index is 13.7. The number of halogens is 3. The number of carbonyl (C=O) groups excluding carboxylic acids is 2. The Labute approximate surface area is 169 Å². The molecule has 2 aliphatic rings. The highest BCUT2D eigenvalue weighted by Gasteiger charge is 2.33. The number of fused-ring (bicyclic) bond motifs is 1. The number of hydrogen-bond acceptors (Lipinski definition) is 7. The molecule has 0 bridgehead atoms. The van der Waals surface area contributed by atoms with Crippen molar-refractivity contribution in [3.05, 3.63) is 45.4 Å². The topological polar surface area (TPSA) is 88.3 Å². The zero-order valence-electron chi connectivity index (χ0n) is 14.6. The number of rotatable bonds is 5. The molecule has 3 heterocycles. The smallest absolute Gasteiger partial charge is 0.231 e. The molecule has 28 heavy (non-hydrogen) atoms. The van der Waals surface area contributed by atoms with E-state index in [0.717, 1.165) is 25.7 Å². The molecule has 146 valence electrons. The van der Waals surface area contributed by atoms with Crippen LogP contribution in [0.3, 0.4) is 0 Å². The molecule has 1 fully saturated rings. The molecule has 1 aliphatic carbocycles. The minimum absolute atomic E-state index is 0.00195. The first-order chi connectivity index (χ1) is 13.4. The summed E-state index contributed by atoms with van der Waals surface area (Å²) in [5, 5.41) is 2.45. The fourth-order valence-corrected chi connectivity index (χ4v) is 3.63. The summed E-state index contributed by atoms with van der Waals surface area (Å²) in [4.78, 5) is 35.0. The lowest BCUT2D eigenvalue weighted by atomic mass is 10.0. The van der Waals surface area contributed by atoms with Gasteiger partial charge in [-0.3, -0.25) is 9.59 Å². The molecule has 0 spiro atoms. The van der Waals surface area contributed by atoms with Crippen molar-refractivity contribution in [2.24, 2.45) is 0 Å². The van der Waals surface area contributed by atoms with Crippen LogP contribution in [0.15, 0.2) is 22.3 Å². The zero-order chi connectivity index (χ0) is 19.8. The minimum atomic E-state index is -0.822. The lowest BCUT2D eigenvalue weighted by molar-refractivity contribution is 0.0960. The Balaban J connectivity index is 1.55. The van der Waals surface area contributed by atoms with Crippen LogP contribution in [-0.2, 0) is 0 Å². The van der Waals surface area contributed by atoms with Crippen molar-refractivity contribution in [1.82, 2.24) is 20.2 Å². The molecule has 0 radical (unpaired) electrons. The summed E-state index contributed by atoms with van der Waals surface area (Å²) in [6.45, 7) is 3.39. The lowest BCUT2D eigenvalue weighted by Crippen LogP contribution is -2.33. The van der Waals surface area contributed by atoms with Crippen LogP contribution in [0.25, 0.3) is 11.5 Å². The fourth-order valence-electron chi connectivity index (χ4n) is 3.23. The van der Waals surface area contributed by atoms with Crippen LogP contribution >= 0.6 is 23.2 Å². The van der Waals surface area contributed by atoms with Crippen molar-refractivity contribution in [3.63, 3.8) is 0 Å². The first-order valence-corrected chi connectivity index (χ1v) is 9.49. The Morgan fingerprint density at radius 3 is 2.68 bits per heavy atom. The second-order valence-corrected chi connectivity index (χ2v) is 7.24. The summed E-state index contributed by atoms with van der Waals surface area (Å²) in [5.74, 6) is -2.18. The first-order valence-electron chi connectivity index (χ1n) is 8.73. The first kappa shape index (κ1) is 19.0. The second-order valence-electron chi connectivity index (χ2n) is 6.52. The fraction of sp³-hybridized carbons (Fsp3) is 0.333. The summed E-state index contributed by atoms with van der Waals surface area (Å²) in [6.07, 6.45) is 3.54. The van der Waals surface area contributed by atoms with Crippen LogP contribution in [0.5, 0.6) is 0 Å². The number of likely N-dealkylation sites (tertiary alicyclic amines) is 1. The third kappa shape index (κ3) is 3.55. The van der Waals surface area contributed by atoms with Gasteiger partial charge < -0.3 is 14.6 Å². The van der Waals surface area contributed by atoms with Crippen LogP contribution in [0.2, 0.25) is 10.3 Å². The molecule has 1 aliphatic heterocycles. The van der Waals surface area contributed by atoms with Crippen LogP contribution < -0.4 is 5.32 Å². The second kappa shape index (κ2) is 7.62. The Hall–Kier alpha value is -2.29. The van der Waals surface area contributed by atoms with Gasteiger partial charge in [0.25, 0.3) is 0 Å². The molecule has 0 saturated carbocycles. The highest BCUT2D eigenvalue weighted by Crippen LogP contribution is 2.32. The van der Waals surface area contributed by atoms with E-state index in [1.54, 1.807) is 0 Å². The van der Waals surface area contributed by atoms with Crippen molar-refractivity contribution in [1.29, 1.82) is 0 Å². The number of pyridine rings is 1. The molecule has 0 unspecified atom stereocenters. The molecule has 2 aromatic rings. The Kier molecular flexibility index (Phi) is 5.18. The third-order valence-electron chi connectivity index (χ3n) is 4.65. The van der Waals surface area contributed by atoms with E-state index >= 15 is 0 Å². The number of allylic oxidation sites excluding steroid dienone is 2. The standard InChI is InChI=1S/C18H15Cl2FN4O3/c19-16-9(7-10(21)17(20)24-16)18-23-13-14(27)11(8-12(26)15(13)28-18)22-3-6-25-4-1-2-5-25/h7-8,22H,1-6H2. The van der Waals surface area contributed by atoms with E-state index < -0.39 is 22.5 Å². The van der Waals surface area contributed by atoms with Gasteiger partial charge in [-0.05, 0) is 32.0 Å². The highest BCUT2D eigenvalue weighted by atomic mass is 35.5. The predicted molar refractivity (Wildman–Crippen MR) is 100 cm³/mol. The Morgan fingerprint density at radius 2 is 1.93 bits per heavy atom. The Bertz CT molecular complexity index is 999. The Morgan fingerprint density at radius 1 is 1.18 bits per heavy atom. The predicted octanol–water partition coefficient (Wildman–Crippen LogP) is 3.13. The summed E-state index contributed by atoms with van der Waals surface area (Å²) in [5.41, 5.74) is 0.0164. The van der Waals surface area contributed by atoms with Crippen LogP contribution in [-0.4, -0.2) is 52.6 Å². The number of nitrogens with zero attached hydrogens (tertiary/aromatic N) is 3. The lowest BCUT2D eigenvalue weighted by Gasteiger charge is -2.17. The van der Waals surface area contributed by atoms with Gasteiger partial charge in [0.15, 0.2) is 16.7 Å². The number of aromatic nitrogens is 2. The number of nitrogens with one attached hydrogen (secondary N) is 1. The molecule has 0 aromatic carbocycles. The van der Waals surface area contributed by atoms with Gasteiger partial charge in [-0.2, -0.15) is 0 Å². The van der Waals surface area contributed by atoms with Crippen molar-refractivity contribution in [3.8, 4) is 11.5 Å². The van der Waals surface area contributed by atoms with Gasteiger partial charge in [0.1, 0.15) is 5.15 Å². The largest absolute Gasteiger partial charge is 0.432 e. The number of carbonyl (C=O) groups is 2. The molecule has 0 atom stereocenters. The van der Waals surface area contributed by atoms with Crippen LogP contribution in [0.4, 0.5) is 4.39 Å². The monoisotopic (exact) mass is 424 g/mol. The van der Waals surface area contributed by atoms with E-state index in [9.17, 15) is 14.0 Å². The normalized spacial score (nSPS) is 17.0. The van der Waals surface area contributed by atoms with Gasteiger partial charge in [-0.15, -0.1) is 0 Å². The van der Waals surface area contributed by atoms with E-state index in [2.05, 4.69) is 20.2 Å². The number of Topliss-reactive ketones (excluding diaryl/α,β-unsaturated/α-hetero) is 1. The van der Waals surface area contributed by atoms with E-state index in [1.807, 2.05) is 0 Å². The van der Waals surface area contributed by atoms with Gasteiger partial charge in [-0.1, -0.05) is 23.2 Å². The van der Waals surface area contributed by atoms with Gasteiger partial charge in [0.2, 0.25) is 23.2 Å². The molecular weight excluding hydrogens is 410 g/mol. The molecule has 0 amide bonds. The van der Waals surface area contributed by atoms with Gasteiger partial charge >= 0.3 is 0 Å². The highest BCUT2D eigenvalue weighted by molar-refractivity contribution is 6.34. The summed E-state index contributed by atoms with van der Waals surface area (Å²) in [6, 6.07) is 0.993. The van der Waals surface area contributed by atoms with Gasteiger partial charge in [-0.25, -0.2) is 14.4 Å².